The number of likely N-dealkylation sites (tertiary alicyclic amines) is 1. The predicted octanol–water partition coefficient (Wildman–Crippen LogP) is 3.46. The summed E-state index contributed by atoms with van der Waals surface area (Å²) >= 11 is 0. The fourth-order valence-electron chi connectivity index (χ4n) is 4.94. The summed E-state index contributed by atoms with van der Waals surface area (Å²) in [6.07, 6.45) is 1.02. The number of pyridine rings is 1. The molecule has 0 radical (unpaired) electrons. The highest BCUT2D eigenvalue weighted by Crippen LogP contribution is 2.27. The van der Waals surface area contributed by atoms with Crippen molar-refractivity contribution in [2.75, 3.05) is 20.2 Å². The van der Waals surface area contributed by atoms with Crippen molar-refractivity contribution < 1.29 is 22.7 Å². The zero-order valence-corrected chi connectivity index (χ0v) is 22.1. The van der Waals surface area contributed by atoms with Gasteiger partial charge < -0.3 is 14.4 Å². The first kappa shape index (κ1) is 25.4. The molecule has 0 saturated carbocycles. The average Bonchev–Trinajstić information content (AvgIpc) is 3.50. The van der Waals surface area contributed by atoms with Gasteiger partial charge in [-0.2, -0.15) is 4.31 Å². The van der Waals surface area contributed by atoms with Gasteiger partial charge in [0.05, 0.1) is 31.1 Å². The van der Waals surface area contributed by atoms with Gasteiger partial charge in [-0.25, -0.2) is 8.42 Å². The molecule has 1 amide bonds. The minimum Gasteiger partial charge on any atom is -0.486 e. The fraction of sp³-hybridized carbons (Fsp3) is 0.357. The van der Waals surface area contributed by atoms with E-state index in [1.807, 2.05) is 44.2 Å². The Balaban J connectivity index is 1.27. The third-order valence-electron chi connectivity index (χ3n) is 7.01. The molecule has 5 rings (SSSR count). The highest BCUT2D eigenvalue weighted by atomic mass is 32.2. The van der Waals surface area contributed by atoms with Crippen molar-refractivity contribution in [1.82, 2.24) is 14.2 Å². The van der Waals surface area contributed by atoms with E-state index in [0.29, 0.717) is 36.5 Å². The quantitative estimate of drug-likeness (QED) is 0.473. The average molecular weight is 522 g/mol. The maximum absolute atomic E-state index is 13.2. The van der Waals surface area contributed by atoms with E-state index in [1.165, 1.54) is 4.31 Å². The number of nitrogens with zero attached hydrogens (tertiary/aromatic N) is 3. The van der Waals surface area contributed by atoms with Crippen LogP contribution in [0.2, 0.25) is 0 Å². The van der Waals surface area contributed by atoms with E-state index in [-0.39, 0.29) is 30.4 Å². The number of ether oxygens (including phenoxy) is 2. The molecule has 1 aromatic heterocycles. The Labute approximate surface area is 217 Å². The van der Waals surface area contributed by atoms with E-state index in [1.54, 1.807) is 42.5 Å². The number of carbonyl (C=O) groups excluding carboxylic acids is 1. The van der Waals surface area contributed by atoms with E-state index in [2.05, 4.69) is 4.98 Å². The molecule has 2 unspecified atom stereocenters. The summed E-state index contributed by atoms with van der Waals surface area (Å²) in [6, 6.07) is 16.7. The summed E-state index contributed by atoms with van der Waals surface area (Å²) in [5.74, 6) is 0.371. The Kier molecular flexibility index (Phi) is 7.02. The summed E-state index contributed by atoms with van der Waals surface area (Å²) in [5.41, 5.74) is 5.02. The van der Waals surface area contributed by atoms with Crippen molar-refractivity contribution in [3.05, 3.63) is 94.3 Å². The van der Waals surface area contributed by atoms with Gasteiger partial charge in [-0.3, -0.25) is 9.78 Å². The van der Waals surface area contributed by atoms with Gasteiger partial charge in [0.2, 0.25) is 10.0 Å². The Hall–Kier alpha value is -3.27. The minimum absolute atomic E-state index is 0.0460. The molecule has 2 atom stereocenters. The lowest BCUT2D eigenvalue weighted by molar-refractivity contribution is 0.0339. The molecular weight excluding hydrogens is 490 g/mol. The van der Waals surface area contributed by atoms with E-state index in [9.17, 15) is 13.2 Å². The van der Waals surface area contributed by atoms with Crippen LogP contribution in [0, 0.1) is 13.8 Å². The molecule has 1 saturated heterocycles. The third kappa shape index (κ3) is 5.39. The van der Waals surface area contributed by atoms with Gasteiger partial charge in [0.1, 0.15) is 18.0 Å². The topological polar surface area (TPSA) is 89.0 Å². The maximum atomic E-state index is 13.2. The largest absolute Gasteiger partial charge is 0.486 e. The Morgan fingerprint density at radius 3 is 2.62 bits per heavy atom. The first-order chi connectivity index (χ1) is 17.7. The highest BCUT2D eigenvalue weighted by Gasteiger charge is 2.38. The molecule has 0 spiro atoms. The summed E-state index contributed by atoms with van der Waals surface area (Å²) in [6.45, 7) is 5.33. The van der Waals surface area contributed by atoms with Gasteiger partial charge in [-0.05, 0) is 54.8 Å². The van der Waals surface area contributed by atoms with Crippen molar-refractivity contribution >= 4 is 15.9 Å². The van der Waals surface area contributed by atoms with Crippen molar-refractivity contribution in [2.45, 2.75) is 44.9 Å². The van der Waals surface area contributed by atoms with Crippen molar-refractivity contribution in [3.8, 4) is 5.75 Å². The van der Waals surface area contributed by atoms with Gasteiger partial charge in [-0.15, -0.1) is 0 Å². The van der Waals surface area contributed by atoms with Crippen LogP contribution < -0.4 is 4.74 Å². The lowest BCUT2D eigenvalue weighted by Crippen LogP contribution is -2.32. The van der Waals surface area contributed by atoms with Crippen LogP contribution in [-0.2, 0) is 33.6 Å². The number of aromatic nitrogens is 1. The molecule has 2 aliphatic rings. The fourth-order valence-corrected chi connectivity index (χ4v) is 6.38. The molecule has 9 heteroatoms. The van der Waals surface area contributed by atoms with Gasteiger partial charge in [0, 0.05) is 25.4 Å². The number of hydrogen-bond acceptors (Lipinski definition) is 6. The third-order valence-corrected chi connectivity index (χ3v) is 8.76. The number of amides is 1. The zero-order valence-electron chi connectivity index (χ0n) is 21.3. The van der Waals surface area contributed by atoms with E-state index in [0.717, 1.165) is 22.4 Å². The van der Waals surface area contributed by atoms with Crippen LogP contribution in [0.4, 0.5) is 0 Å². The molecule has 8 nitrogen and oxygen atoms in total. The normalized spacial score (nSPS) is 19.7. The Morgan fingerprint density at radius 1 is 1.03 bits per heavy atom. The SMILES string of the molecule is COC1CN(C(=O)c2cc(C)ccc2C)CC1Oc1cccc(CS(=O)(=O)N2Cc3cccnc3C2)c1. The summed E-state index contributed by atoms with van der Waals surface area (Å²) in [5, 5.41) is 0. The standard InChI is InChI=1S/C28H31N3O5S/c1-19-9-10-20(2)24(12-19)28(32)30-16-26(35-3)27(17-30)36-23-8-4-6-21(13-23)18-37(33,34)31-14-22-7-5-11-29-25(22)15-31/h4-13,26-27H,14-18H2,1-3H3. The van der Waals surface area contributed by atoms with E-state index >= 15 is 0 Å². The van der Waals surface area contributed by atoms with Crippen molar-refractivity contribution in [2.24, 2.45) is 0 Å². The number of carbonyl (C=O) groups is 1. The molecule has 3 heterocycles. The Bertz CT molecular complexity index is 1400. The smallest absolute Gasteiger partial charge is 0.254 e. The number of rotatable bonds is 7. The lowest BCUT2D eigenvalue weighted by Gasteiger charge is -2.20. The highest BCUT2D eigenvalue weighted by molar-refractivity contribution is 7.88. The molecule has 194 valence electrons. The van der Waals surface area contributed by atoms with Crippen LogP contribution >= 0.6 is 0 Å². The van der Waals surface area contributed by atoms with E-state index in [4.69, 9.17) is 9.47 Å². The Morgan fingerprint density at radius 2 is 1.84 bits per heavy atom. The number of benzene rings is 2. The van der Waals surface area contributed by atoms with Gasteiger partial charge >= 0.3 is 0 Å². The lowest BCUT2D eigenvalue weighted by atomic mass is 10.0. The molecule has 3 aromatic rings. The van der Waals surface area contributed by atoms with Crippen LogP contribution in [0.15, 0.2) is 60.8 Å². The molecule has 0 N–H and O–H groups in total. The molecular formula is C28H31N3O5S. The molecule has 37 heavy (non-hydrogen) atoms. The number of aryl methyl sites for hydroxylation is 2. The summed E-state index contributed by atoms with van der Waals surface area (Å²) in [7, 11) is -1.93. The number of hydrogen-bond donors (Lipinski definition) is 0. The van der Waals surface area contributed by atoms with Crippen LogP contribution in [0.1, 0.15) is 38.3 Å². The van der Waals surface area contributed by atoms with Gasteiger partial charge in [0.15, 0.2) is 0 Å². The van der Waals surface area contributed by atoms with Crippen LogP contribution in [0.3, 0.4) is 0 Å². The second-order valence-electron chi connectivity index (χ2n) is 9.74. The monoisotopic (exact) mass is 521 g/mol. The predicted molar refractivity (Wildman–Crippen MR) is 140 cm³/mol. The first-order valence-corrected chi connectivity index (χ1v) is 13.9. The van der Waals surface area contributed by atoms with Gasteiger partial charge in [0.25, 0.3) is 5.91 Å². The molecule has 1 fully saturated rings. The number of methoxy groups -OCH3 is 1. The van der Waals surface area contributed by atoms with E-state index < -0.39 is 10.0 Å². The van der Waals surface area contributed by atoms with Crippen molar-refractivity contribution in [1.29, 1.82) is 0 Å². The zero-order chi connectivity index (χ0) is 26.2. The second-order valence-corrected chi connectivity index (χ2v) is 11.7. The molecule has 2 aromatic carbocycles. The van der Waals surface area contributed by atoms with Crippen LogP contribution in [0.25, 0.3) is 0 Å². The van der Waals surface area contributed by atoms with Crippen LogP contribution in [-0.4, -0.2) is 60.9 Å². The molecule has 0 aliphatic carbocycles. The first-order valence-electron chi connectivity index (χ1n) is 12.3. The van der Waals surface area contributed by atoms with Gasteiger partial charge in [-0.1, -0.05) is 35.9 Å². The van der Waals surface area contributed by atoms with Crippen molar-refractivity contribution in [3.63, 3.8) is 0 Å². The van der Waals surface area contributed by atoms with Crippen LogP contribution in [0.5, 0.6) is 5.75 Å². The number of fused-ring (bicyclic) bond motifs is 1. The number of sulfonamides is 1. The second kappa shape index (κ2) is 10.2. The summed E-state index contributed by atoms with van der Waals surface area (Å²) in [4.78, 5) is 19.3. The summed E-state index contributed by atoms with van der Waals surface area (Å²) < 4.78 is 39.6. The maximum Gasteiger partial charge on any atom is 0.254 e. The minimum atomic E-state index is -3.54. The molecule has 0 bridgehead atoms. The molecule has 2 aliphatic heterocycles.